The van der Waals surface area contributed by atoms with E-state index in [9.17, 15) is 23.1 Å². The number of carbonyl (C=O) groups excluding carboxylic acids is 2. The second-order valence-electron chi connectivity index (χ2n) is 11.1. The number of nitrogens with zero attached hydrogens (tertiary/aromatic N) is 2. The van der Waals surface area contributed by atoms with Crippen LogP contribution in [0.4, 0.5) is 16.2 Å². The molecule has 5 rings (SSSR count). The van der Waals surface area contributed by atoms with Crippen molar-refractivity contribution < 1.29 is 27.9 Å². The summed E-state index contributed by atoms with van der Waals surface area (Å²) in [6.45, 7) is 3.87. The lowest BCUT2D eigenvalue weighted by Gasteiger charge is -2.38. The van der Waals surface area contributed by atoms with Gasteiger partial charge in [0, 0.05) is 30.6 Å². The number of hydrogen-bond donors (Lipinski definition) is 3. The van der Waals surface area contributed by atoms with E-state index in [0.29, 0.717) is 5.69 Å². The molecule has 44 heavy (non-hydrogen) atoms. The highest BCUT2D eigenvalue weighted by molar-refractivity contribution is 7.92. The van der Waals surface area contributed by atoms with Gasteiger partial charge in [0.15, 0.2) is 0 Å². The number of hydrogen-bond acceptors (Lipinski definition) is 6. The van der Waals surface area contributed by atoms with E-state index >= 15 is 0 Å². The van der Waals surface area contributed by atoms with Crippen LogP contribution in [0.1, 0.15) is 24.2 Å². The van der Waals surface area contributed by atoms with Crippen LogP contribution in [0.3, 0.4) is 0 Å². The SMILES string of the molecule is C[C@H]1CN([C@@H](C)CO)C(=O)c2cc(NS(=O)(=O)c3ccccc3)ccc2O[C@H]1CN(C)C(=O)Nc1cccc2ccccc12. The minimum atomic E-state index is -3.90. The van der Waals surface area contributed by atoms with E-state index in [1.807, 2.05) is 49.4 Å². The monoisotopic (exact) mass is 616 g/mol. The predicted octanol–water partition coefficient (Wildman–Crippen LogP) is 5.02. The van der Waals surface area contributed by atoms with Crippen LogP contribution in [-0.2, 0) is 10.0 Å². The van der Waals surface area contributed by atoms with E-state index in [-0.39, 0.29) is 53.5 Å². The molecule has 0 spiro atoms. The first-order chi connectivity index (χ1) is 21.1. The van der Waals surface area contributed by atoms with E-state index in [2.05, 4.69) is 10.0 Å². The van der Waals surface area contributed by atoms with Crippen molar-refractivity contribution in [3.05, 3.63) is 96.6 Å². The Morgan fingerprint density at radius 1 is 1.05 bits per heavy atom. The Bertz CT molecular complexity index is 1760. The number of nitrogens with one attached hydrogen (secondary N) is 2. The summed E-state index contributed by atoms with van der Waals surface area (Å²) in [5.41, 5.74) is 1.03. The van der Waals surface area contributed by atoms with Gasteiger partial charge in [0.05, 0.1) is 35.3 Å². The van der Waals surface area contributed by atoms with E-state index in [4.69, 9.17) is 4.74 Å². The Hall–Kier alpha value is -4.61. The van der Waals surface area contributed by atoms with Crippen LogP contribution in [-0.4, -0.2) is 74.2 Å². The standard InChI is InChI=1S/C33H36N4O6S/c1-22-19-37(23(2)21-38)32(39)28-18-25(35-44(41,42)26-12-5-4-6-13-26)16-17-30(28)43-31(22)20-36(3)33(40)34-29-15-9-11-24-10-7-8-14-27(24)29/h4-18,22-23,31,35,38H,19-21H2,1-3H3,(H,34,40)/t22-,23-,31-/m0/s1. The van der Waals surface area contributed by atoms with Gasteiger partial charge in [0.2, 0.25) is 0 Å². The lowest BCUT2D eigenvalue weighted by atomic mass is 9.99. The number of benzene rings is 4. The molecule has 0 unspecified atom stereocenters. The molecule has 3 amide bonds. The van der Waals surface area contributed by atoms with Crippen molar-refractivity contribution >= 4 is 44.1 Å². The van der Waals surface area contributed by atoms with Crippen molar-refractivity contribution in [3.8, 4) is 5.75 Å². The number of anilines is 2. The summed E-state index contributed by atoms with van der Waals surface area (Å²) in [5, 5.41) is 14.9. The lowest BCUT2D eigenvalue weighted by Crippen LogP contribution is -2.50. The van der Waals surface area contributed by atoms with Crippen LogP contribution in [0, 0.1) is 5.92 Å². The van der Waals surface area contributed by atoms with Crippen molar-refractivity contribution in [1.82, 2.24) is 9.80 Å². The van der Waals surface area contributed by atoms with Crippen LogP contribution in [0.2, 0.25) is 0 Å². The topological polar surface area (TPSA) is 128 Å². The summed E-state index contributed by atoms with van der Waals surface area (Å²) in [6.07, 6.45) is -0.523. The van der Waals surface area contributed by atoms with Gasteiger partial charge in [0.25, 0.3) is 15.9 Å². The second kappa shape index (κ2) is 12.9. The first-order valence-corrected chi connectivity index (χ1v) is 15.9. The van der Waals surface area contributed by atoms with Crippen molar-refractivity contribution in [1.29, 1.82) is 0 Å². The number of amides is 3. The first-order valence-electron chi connectivity index (χ1n) is 14.4. The molecule has 0 saturated heterocycles. The molecule has 0 bridgehead atoms. The summed E-state index contributed by atoms with van der Waals surface area (Å²) in [7, 11) is -2.22. The molecular weight excluding hydrogens is 580 g/mol. The minimum Gasteiger partial charge on any atom is -0.487 e. The average Bonchev–Trinajstić information content (AvgIpc) is 3.03. The zero-order valence-corrected chi connectivity index (χ0v) is 25.6. The Morgan fingerprint density at radius 3 is 2.50 bits per heavy atom. The smallest absolute Gasteiger partial charge is 0.321 e. The van der Waals surface area contributed by atoms with Gasteiger partial charge in [-0.25, -0.2) is 13.2 Å². The third kappa shape index (κ3) is 6.63. The van der Waals surface area contributed by atoms with Gasteiger partial charge in [0.1, 0.15) is 11.9 Å². The molecule has 0 fully saturated rings. The first kappa shape index (κ1) is 30.8. The predicted molar refractivity (Wildman–Crippen MR) is 170 cm³/mol. The number of likely N-dealkylation sites (N-methyl/N-ethyl adjacent to an activating group) is 1. The number of fused-ring (bicyclic) bond motifs is 2. The molecule has 3 N–H and O–H groups in total. The number of aliphatic hydroxyl groups is 1. The number of rotatable bonds is 8. The number of sulfonamides is 1. The van der Waals surface area contributed by atoms with Crippen LogP contribution in [0.15, 0.2) is 95.9 Å². The second-order valence-corrected chi connectivity index (χ2v) is 12.8. The highest BCUT2D eigenvalue weighted by Crippen LogP contribution is 2.32. The van der Waals surface area contributed by atoms with E-state index in [1.54, 1.807) is 43.1 Å². The van der Waals surface area contributed by atoms with Crippen molar-refractivity contribution in [2.45, 2.75) is 30.9 Å². The molecule has 0 aromatic heterocycles. The zero-order valence-electron chi connectivity index (χ0n) is 24.8. The maximum Gasteiger partial charge on any atom is 0.321 e. The maximum absolute atomic E-state index is 13.8. The summed E-state index contributed by atoms with van der Waals surface area (Å²) in [5.74, 6) is -0.355. The Kier molecular flexibility index (Phi) is 9.07. The maximum atomic E-state index is 13.8. The molecule has 1 aliphatic rings. The van der Waals surface area contributed by atoms with Crippen LogP contribution >= 0.6 is 0 Å². The minimum absolute atomic E-state index is 0.0866. The summed E-state index contributed by atoms with van der Waals surface area (Å²) < 4.78 is 34.8. The summed E-state index contributed by atoms with van der Waals surface area (Å²) in [4.78, 5) is 30.2. The Morgan fingerprint density at radius 2 is 1.75 bits per heavy atom. The third-order valence-corrected chi connectivity index (χ3v) is 9.20. The van der Waals surface area contributed by atoms with Crippen LogP contribution < -0.4 is 14.8 Å². The lowest BCUT2D eigenvalue weighted by molar-refractivity contribution is 0.0371. The van der Waals surface area contributed by atoms with E-state index in [1.165, 1.54) is 29.2 Å². The molecule has 0 saturated carbocycles. The number of carbonyl (C=O) groups is 2. The van der Waals surface area contributed by atoms with Gasteiger partial charge >= 0.3 is 6.03 Å². The van der Waals surface area contributed by atoms with Gasteiger partial charge in [-0.05, 0) is 48.7 Å². The molecule has 1 aliphatic heterocycles. The third-order valence-electron chi connectivity index (χ3n) is 7.80. The van der Waals surface area contributed by atoms with Crippen molar-refractivity contribution in [3.63, 3.8) is 0 Å². The van der Waals surface area contributed by atoms with Crippen LogP contribution in [0.5, 0.6) is 5.75 Å². The normalized spacial score (nSPS) is 17.5. The zero-order chi connectivity index (χ0) is 31.4. The fourth-order valence-corrected chi connectivity index (χ4v) is 6.29. The molecule has 0 aliphatic carbocycles. The quantitative estimate of drug-likeness (QED) is 0.255. The molecule has 3 atom stereocenters. The Labute approximate surface area is 257 Å². The highest BCUT2D eigenvalue weighted by atomic mass is 32.2. The molecular formula is C33H36N4O6S. The fraction of sp³-hybridized carbons (Fsp3) is 0.273. The van der Waals surface area contributed by atoms with Gasteiger partial charge < -0.3 is 25.0 Å². The van der Waals surface area contributed by atoms with E-state index < -0.39 is 28.1 Å². The van der Waals surface area contributed by atoms with Gasteiger partial charge in [-0.15, -0.1) is 0 Å². The van der Waals surface area contributed by atoms with Gasteiger partial charge in [-0.1, -0.05) is 61.5 Å². The van der Waals surface area contributed by atoms with E-state index in [0.717, 1.165) is 10.8 Å². The number of urea groups is 1. The molecule has 1 heterocycles. The van der Waals surface area contributed by atoms with Crippen LogP contribution in [0.25, 0.3) is 10.8 Å². The van der Waals surface area contributed by atoms with Crippen molar-refractivity contribution in [2.75, 3.05) is 36.8 Å². The molecule has 10 nitrogen and oxygen atoms in total. The molecule has 4 aromatic carbocycles. The summed E-state index contributed by atoms with van der Waals surface area (Å²) in [6, 6.07) is 25.1. The fourth-order valence-electron chi connectivity index (χ4n) is 5.22. The average molecular weight is 617 g/mol. The molecule has 4 aromatic rings. The Balaban J connectivity index is 1.40. The highest BCUT2D eigenvalue weighted by Gasteiger charge is 2.34. The number of aliphatic hydroxyl groups excluding tert-OH is 1. The largest absolute Gasteiger partial charge is 0.487 e. The number of ether oxygens (including phenoxy) is 1. The molecule has 230 valence electrons. The van der Waals surface area contributed by atoms with Gasteiger partial charge in [-0.3, -0.25) is 9.52 Å². The van der Waals surface area contributed by atoms with Crippen molar-refractivity contribution in [2.24, 2.45) is 5.92 Å². The molecule has 11 heteroatoms. The summed E-state index contributed by atoms with van der Waals surface area (Å²) >= 11 is 0. The van der Waals surface area contributed by atoms with Gasteiger partial charge in [-0.2, -0.15) is 0 Å². The molecule has 0 radical (unpaired) electrons.